The molecule has 1 aliphatic heterocycles. The molecule has 1 unspecified atom stereocenters. The molecule has 3 N–H and O–H groups in total. The van der Waals surface area contributed by atoms with Crippen LogP contribution in [0.25, 0.3) is 0 Å². The summed E-state index contributed by atoms with van der Waals surface area (Å²) in [5.41, 5.74) is 10.4. The largest absolute Gasteiger partial charge is 0.495 e. The van der Waals surface area contributed by atoms with Gasteiger partial charge in [-0.1, -0.05) is 6.07 Å². The van der Waals surface area contributed by atoms with Gasteiger partial charge in [0.1, 0.15) is 11.5 Å². The van der Waals surface area contributed by atoms with E-state index in [9.17, 15) is 4.79 Å². The van der Waals surface area contributed by atoms with E-state index in [1.807, 2.05) is 13.0 Å². The van der Waals surface area contributed by atoms with Crippen molar-refractivity contribution in [2.24, 2.45) is 0 Å². The molecule has 1 heterocycles. The Hall–Kier alpha value is -2.69. The zero-order valence-corrected chi connectivity index (χ0v) is 13.5. The van der Waals surface area contributed by atoms with Gasteiger partial charge in [0.05, 0.1) is 12.8 Å². The molecule has 5 heteroatoms. The maximum Gasteiger partial charge on any atom is 0.265 e. The second-order valence-corrected chi connectivity index (χ2v) is 5.80. The zero-order valence-electron chi connectivity index (χ0n) is 13.5. The van der Waals surface area contributed by atoms with E-state index in [-0.39, 0.29) is 5.91 Å². The number of nitrogens with one attached hydrogen (secondary N) is 1. The van der Waals surface area contributed by atoms with Crippen LogP contribution >= 0.6 is 0 Å². The number of nitrogen functional groups attached to an aromatic ring is 1. The number of ether oxygens (including phenoxy) is 2. The Morgan fingerprint density at radius 2 is 2.00 bits per heavy atom. The Kier molecular flexibility index (Phi) is 3.86. The van der Waals surface area contributed by atoms with E-state index in [4.69, 9.17) is 15.2 Å². The van der Waals surface area contributed by atoms with Crippen LogP contribution < -0.4 is 20.5 Å². The third kappa shape index (κ3) is 2.95. The lowest BCUT2D eigenvalue weighted by molar-refractivity contribution is -0.122. The minimum Gasteiger partial charge on any atom is -0.495 e. The Morgan fingerprint density at radius 1 is 1.26 bits per heavy atom. The highest BCUT2D eigenvalue weighted by molar-refractivity contribution is 5.95. The number of carbonyl (C=O) groups is 1. The molecule has 1 atom stereocenters. The fourth-order valence-electron chi connectivity index (χ4n) is 2.69. The molecule has 23 heavy (non-hydrogen) atoms. The standard InChI is InChI=1S/C18H20N2O3/c1-10-6-12-8-17(23-16(12)7-11(10)2)18(21)20-13-4-5-15(22-3)14(19)9-13/h4-7,9,17H,8,19H2,1-3H3,(H,20,21). The third-order valence-corrected chi connectivity index (χ3v) is 4.14. The van der Waals surface area contributed by atoms with E-state index in [0.717, 1.165) is 16.9 Å². The van der Waals surface area contributed by atoms with Crippen LogP contribution in [0.2, 0.25) is 0 Å². The van der Waals surface area contributed by atoms with Crippen LogP contribution in [0.4, 0.5) is 11.4 Å². The van der Waals surface area contributed by atoms with Gasteiger partial charge >= 0.3 is 0 Å². The van der Waals surface area contributed by atoms with Crippen LogP contribution in [0.5, 0.6) is 11.5 Å². The van der Waals surface area contributed by atoms with Gasteiger partial charge in [0.25, 0.3) is 5.91 Å². The van der Waals surface area contributed by atoms with Gasteiger partial charge in [0.15, 0.2) is 6.10 Å². The number of rotatable bonds is 3. The molecule has 1 aliphatic rings. The van der Waals surface area contributed by atoms with E-state index in [1.165, 1.54) is 5.56 Å². The predicted octanol–water partition coefficient (Wildman–Crippen LogP) is 2.84. The van der Waals surface area contributed by atoms with Gasteiger partial charge in [0.2, 0.25) is 0 Å². The number of anilines is 2. The van der Waals surface area contributed by atoms with Crippen LogP contribution in [0.1, 0.15) is 16.7 Å². The molecule has 1 amide bonds. The topological polar surface area (TPSA) is 73.6 Å². The first-order valence-electron chi connectivity index (χ1n) is 7.49. The minimum absolute atomic E-state index is 0.180. The van der Waals surface area contributed by atoms with Crippen molar-refractivity contribution in [1.29, 1.82) is 0 Å². The summed E-state index contributed by atoms with van der Waals surface area (Å²) < 4.78 is 10.9. The molecule has 3 rings (SSSR count). The molecule has 0 spiro atoms. The van der Waals surface area contributed by atoms with E-state index >= 15 is 0 Å². The normalized spacial score (nSPS) is 15.7. The molecule has 0 aromatic heterocycles. The first kappa shape index (κ1) is 15.2. The van der Waals surface area contributed by atoms with Crippen molar-refractivity contribution < 1.29 is 14.3 Å². The monoisotopic (exact) mass is 312 g/mol. The smallest absolute Gasteiger partial charge is 0.265 e. The number of benzene rings is 2. The first-order valence-corrected chi connectivity index (χ1v) is 7.49. The average molecular weight is 312 g/mol. The van der Waals surface area contributed by atoms with Crippen LogP contribution in [0.3, 0.4) is 0 Å². The first-order chi connectivity index (χ1) is 11.0. The number of hydrogen-bond acceptors (Lipinski definition) is 4. The van der Waals surface area contributed by atoms with Gasteiger partial charge in [-0.2, -0.15) is 0 Å². The Labute approximate surface area is 135 Å². The predicted molar refractivity (Wildman–Crippen MR) is 90.1 cm³/mol. The summed E-state index contributed by atoms with van der Waals surface area (Å²) in [4.78, 5) is 12.4. The molecular weight excluding hydrogens is 292 g/mol. The summed E-state index contributed by atoms with van der Waals surface area (Å²) in [6.45, 7) is 4.09. The molecule has 0 saturated heterocycles. The molecule has 2 aromatic rings. The maximum atomic E-state index is 12.4. The van der Waals surface area contributed by atoms with Gasteiger partial charge < -0.3 is 20.5 Å². The van der Waals surface area contributed by atoms with Crippen LogP contribution in [-0.4, -0.2) is 19.1 Å². The summed E-state index contributed by atoms with van der Waals surface area (Å²) in [6, 6.07) is 9.23. The number of amides is 1. The minimum atomic E-state index is -0.519. The molecular formula is C18H20N2O3. The summed E-state index contributed by atoms with van der Waals surface area (Å²) in [6.07, 6.45) is 0.0583. The number of methoxy groups -OCH3 is 1. The summed E-state index contributed by atoms with van der Waals surface area (Å²) in [7, 11) is 1.55. The SMILES string of the molecule is COc1ccc(NC(=O)C2Cc3cc(C)c(C)cc3O2)cc1N. The zero-order chi connectivity index (χ0) is 16.6. The lowest BCUT2D eigenvalue weighted by Crippen LogP contribution is -2.31. The lowest BCUT2D eigenvalue weighted by atomic mass is 10.0. The van der Waals surface area contributed by atoms with E-state index in [0.29, 0.717) is 23.5 Å². The third-order valence-electron chi connectivity index (χ3n) is 4.14. The van der Waals surface area contributed by atoms with Gasteiger partial charge in [-0.15, -0.1) is 0 Å². The lowest BCUT2D eigenvalue weighted by Gasteiger charge is -2.13. The van der Waals surface area contributed by atoms with Gasteiger partial charge in [-0.3, -0.25) is 4.79 Å². The van der Waals surface area contributed by atoms with E-state index in [2.05, 4.69) is 18.3 Å². The number of nitrogens with two attached hydrogens (primary N) is 1. The fraction of sp³-hybridized carbons (Fsp3) is 0.278. The molecule has 0 radical (unpaired) electrons. The number of hydrogen-bond donors (Lipinski definition) is 2. The number of aryl methyl sites for hydroxylation is 2. The quantitative estimate of drug-likeness (QED) is 0.855. The molecule has 0 aliphatic carbocycles. The highest BCUT2D eigenvalue weighted by Gasteiger charge is 2.29. The number of carbonyl (C=O) groups excluding carboxylic acids is 1. The van der Waals surface area contributed by atoms with Gasteiger partial charge in [0, 0.05) is 12.1 Å². The molecule has 120 valence electrons. The maximum absolute atomic E-state index is 12.4. The van der Waals surface area contributed by atoms with Crippen molar-refractivity contribution in [2.45, 2.75) is 26.4 Å². The van der Waals surface area contributed by atoms with Crippen LogP contribution in [0, 0.1) is 13.8 Å². The molecule has 0 fully saturated rings. The van der Waals surface area contributed by atoms with Gasteiger partial charge in [-0.05, 0) is 54.8 Å². The van der Waals surface area contributed by atoms with Crippen LogP contribution in [-0.2, 0) is 11.2 Å². The summed E-state index contributed by atoms with van der Waals surface area (Å²) in [5.74, 6) is 1.20. The second kappa shape index (κ2) is 5.83. The fourth-order valence-corrected chi connectivity index (χ4v) is 2.69. The van der Waals surface area contributed by atoms with Gasteiger partial charge in [-0.25, -0.2) is 0 Å². The highest BCUT2D eigenvalue weighted by Crippen LogP contribution is 2.32. The molecule has 0 bridgehead atoms. The molecule has 5 nitrogen and oxygen atoms in total. The van der Waals surface area contributed by atoms with Crippen molar-refractivity contribution in [1.82, 2.24) is 0 Å². The molecule has 2 aromatic carbocycles. The van der Waals surface area contributed by atoms with Crippen molar-refractivity contribution >= 4 is 17.3 Å². The van der Waals surface area contributed by atoms with Crippen molar-refractivity contribution in [3.05, 3.63) is 47.0 Å². The Morgan fingerprint density at radius 3 is 2.70 bits per heavy atom. The van der Waals surface area contributed by atoms with Crippen molar-refractivity contribution in [3.8, 4) is 11.5 Å². The van der Waals surface area contributed by atoms with Crippen LogP contribution in [0.15, 0.2) is 30.3 Å². The highest BCUT2D eigenvalue weighted by atomic mass is 16.5. The summed E-state index contributed by atoms with van der Waals surface area (Å²) in [5, 5.41) is 2.84. The number of fused-ring (bicyclic) bond motifs is 1. The average Bonchev–Trinajstić information content (AvgIpc) is 2.91. The van der Waals surface area contributed by atoms with E-state index in [1.54, 1.807) is 25.3 Å². The molecule has 0 saturated carbocycles. The summed E-state index contributed by atoms with van der Waals surface area (Å²) >= 11 is 0. The van der Waals surface area contributed by atoms with E-state index < -0.39 is 6.10 Å². The Balaban J connectivity index is 1.72. The Bertz CT molecular complexity index is 740. The second-order valence-electron chi connectivity index (χ2n) is 5.80. The van der Waals surface area contributed by atoms with Crippen molar-refractivity contribution in [2.75, 3.05) is 18.2 Å². The van der Waals surface area contributed by atoms with Crippen molar-refractivity contribution in [3.63, 3.8) is 0 Å².